The van der Waals surface area contributed by atoms with Gasteiger partial charge < -0.3 is 10.1 Å². The maximum atomic E-state index is 12.4. The number of carbonyl (C=O) groups is 2. The van der Waals surface area contributed by atoms with Gasteiger partial charge >= 0.3 is 12.0 Å². The summed E-state index contributed by atoms with van der Waals surface area (Å²) in [5.41, 5.74) is 1.96. The zero-order valence-corrected chi connectivity index (χ0v) is 16.6. The van der Waals surface area contributed by atoms with Gasteiger partial charge in [0.1, 0.15) is 5.00 Å². The molecule has 1 atom stereocenters. The third-order valence-corrected chi connectivity index (χ3v) is 6.21. The number of amides is 2. The maximum absolute atomic E-state index is 12.4. The summed E-state index contributed by atoms with van der Waals surface area (Å²) in [5, 5.41) is 6.73. The zero-order chi connectivity index (χ0) is 18.8. The first-order valence-electron chi connectivity index (χ1n) is 8.15. The minimum absolute atomic E-state index is 0.347. The fraction of sp³-hybridized carbons (Fsp3) is 0.333. The van der Waals surface area contributed by atoms with Gasteiger partial charge in [-0.2, -0.15) is 0 Å². The van der Waals surface area contributed by atoms with Crippen LogP contribution in [0, 0.1) is 5.92 Å². The number of halogens is 2. The molecule has 26 heavy (non-hydrogen) atoms. The van der Waals surface area contributed by atoms with E-state index in [2.05, 4.69) is 17.6 Å². The number of ether oxygens (including phenoxy) is 1. The number of nitrogens with one attached hydrogen (secondary N) is 2. The molecule has 1 aromatic carbocycles. The van der Waals surface area contributed by atoms with E-state index < -0.39 is 12.0 Å². The highest BCUT2D eigenvalue weighted by atomic mass is 35.5. The van der Waals surface area contributed by atoms with E-state index in [0.29, 0.717) is 32.2 Å². The summed E-state index contributed by atoms with van der Waals surface area (Å²) < 4.78 is 4.92. The standard InChI is InChI=1S/C18H18Cl2N2O3S/c1-9-3-5-11-14(7-9)26-16(15(11)17(23)25-2)22-18(24)21-10-4-6-12(19)13(20)8-10/h4,6,8-9H,3,5,7H2,1-2H3,(H2,21,22,24). The molecule has 2 N–H and O–H groups in total. The molecule has 1 aliphatic rings. The van der Waals surface area contributed by atoms with Crippen molar-refractivity contribution in [2.75, 3.05) is 17.7 Å². The number of urea groups is 1. The SMILES string of the molecule is COC(=O)c1c(NC(=O)Nc2ccc(Cl)c(Cl)c2)sc2c1CCC(C)C2. The first-order valence-corrected chi connectivity index (χ1v) is 9.72. The number of fused-ring (bicyclic) bond motifs is 1. The summed E-state index contributed by atoms with van der Waals surface area (Å²) in [6.45, 7) is 2.19. The fourth-order valence-electron chi connectivity index (χ4n) is 3.00. The smallest absolute Gasteiger partial charge is 0.341 e. The van der Waals surface area contributed by atoms with Crippen molar-refractivity contribution in [3.63, 3.8) is 0 Å². The minimum atomic E-state index is -0.458. The summed E-state index contributed by atoms with van der Waals surface area (Å²) in [6.07, 6.45) is 2.73. The molecule has 8 heteroatoms. The van der Waals surface area contributed by atoms with Gasteiger partial charge in [-0.3, -0.25) is 5.32 Å². The summed E-state index contributed by atoms with van der Waals surface area (Å²) in [5.74, 6) is 0.131. The van der Waals surface area contributed by atoms with Crippen LogP contribution in [0.15, 0.2) is 18.2 Å². The number of carbonyl (C=O) groups excluding carboxylic acids is 2. The average Bonchev–Trinajstić information content (AvgIpc) is 2.94. The van der Waals surface area contributed by atoms with Crippen LogP contribution in [0.25, 0.3) is 0 Å². The van der Waals surface area contributed by atoms with E-state index in [-0.39, 0.29) is 0 Å². The Kier molecular flexibility index (Phi) is 5.75. The normalized spacial score (nSPS) is 15.9. The van der Waals surface area contributed by atoms with Crippen molar-refractivity contribution in [1.82, 2.24) is 0 Å². The maximum Gasteiger partial charge on any atom is 0.341 e. The number of methoxy groups -OCH3 is 1. The number of hydrogen-bond donors (Lipinski definition) is 2. The van der Waals surface area contributed by atoms with Crippen molar-refractivity contribution < 1.29 is 14.3 Å². The second-order valence-corrected chi connectivity index (χ2v) is 8.18. The summed E-state index contributed by atoms with van der Waals surface area (Å²) in [6, 6.07) is 4.35. The van der Waals surface area contributed by atoms with E-state index in [4.69, 9.17) is 27.9 Å². The fourth-order valence-corrected chi connectivity index (χ4v) is 4.69. The van der Waals surface area contributed by atoms with E-state index in [1.807, 2.05) is 0 Å². The second kappa shape index (κ2) is 7.86. The summed E-state index contributed by atoms with van der Waals surface area (Å²) in [7, 11) is 1.34. The van der Waals surface area contributed by atoms with Crippen molar-refractivity contribution >= 4 is 57.2 Å². The molecule has 0 fully saturated rings. The van der Waals surface area contributed by atoms with E-state index in [9.17, 15) is 9.59 Å². The number of benzene rings is 1. The van der Waals surface area contributed by atoms with Crippen LogP contribution in [0.4, 0.5) is 15.5 Å². The Bertz CT molecular complexity index is 866. The molecule has 0 bridgehead atoms. The van der Waals surface area contributed by atoms with Crippen molar-refractivity contribution in [2.45, 2.75) is 26.2 Å². The molecule has 1 aliphatic carbocycles. The molecule has 2 amide bonds. The molecule has 0 saturated heterocycles. The number of anilines is 2. The predicted molar refractivity (Wildman–Crippen MR) is 106 cm³/mol. The number of rotatable bonds is 3. The van der Waals surface area contributed by atoms with E-state index in [0.717, 1.165) is 29.7 Å². The van der Waals surface area contributed by atoms with E-state index >= 15 is 0 Å². The first kappa shape index (κ1) is 19.0. The van der Waals surface area contributed by atoms with Crippen LogP contribution < -0.4 is 10.6 Å². The molecule has 3 rings (SSSR count). The molecular weight excluding hydrogens is 395 g/mol. The highest BCUT2D eigenvalue weighted by molar-refractivity contribution is 7.17. The third-order valence-electron chi connectivity index (χ3n) is 4.31. The molecule has 1 heterocycles. The largest absolute Gasteiger partial charge is 0.465 e. The topological polar surface area (TPSA) is 67.4 Å². The molecule has 5 nitrogen and oxygen atoms in total. The van der Waals surface area contributed by atoms with Gasteiger partial charge in [0.15, 0.2) is 0 Å². The highest BCUT2D eigenvalue weighted by Gasteiger charge is 2.28. The predicted octanol–water partition coefficient (Wildman–Crippen LogP) is 5.61. The molecular formula is C18H18Cl2N2O3S. The van der Waals surface area contributed by atoms with Gasteiger partial charge in [0.25, 0.3) is 0 Å². The van der Waals surface area contributed by atoms with Gasteiger partial charge in [-0.1, -0.05) is 30.1 Å². The highest BCUT2D eigenvalue weighted by Crippen LogP contribution is 2.40. The van der Waals surface area contributed by atoms with Gasteiger partial charge in [-0.25, -0.2) is 9.59 Å². The summed E-state index contributed by atoms with van der Waals surface area (Å²) >= 11 is 13.3. The Labute approximate surface area is 165 Å². The van der Waals surface area contributed by atoms with Gasteiger partial charge in [0, 0.05) is 10.6 Å². The molecule has 0 radical (unpaired) electrons. The molecule has 0 spiro atoms. The van der Waals surface area contributed by atoms with E-state index in [1.165, 1.54) is 18.4 Å². The Morgan fingerprint density at radius 2 is 2.00 bits per heavy atom. The zero-order valence-electron chi connectivity index (χ0n) is 14.3. The van der Waals surface area contributed by atoms with Crippen LogP contribution in [0.3, 0.4) is 0 Å². The third kappa shape index (κ3) is 3.98. The molecule has 0 saturated carbocycles. The lowest BCUT2D eigenvalue weighted by atomic mass is 9.88. The van der Waals surface area contributed by atoms with Crippen LogP contribution in [0.1, 0.15) is 34.1 Å². The Morgan fingerprint density at radius 3 is 2.69 bits per heavy atom. The van der Waals surface area contributed by atoms with Crippen LogP contribution in [-0.4, -0.2) is 19.1 Å². The van der Waals surface area contributed by atoms with Crippen molar-refractivity contribution in [2.24, 2.45) is 5.92 Å². The van der Waals surface area contributed by atoms with Crippen LogP contribution in [-0.2, 0) is 17.6 Å². The monoisotopic (exact) mass is 412 g/mol. The Hall–Kier alpha value is -1.76. The molecule has 2 aromatic rings. The second-order valence-electron chi connectivity index (χ2n) is 6.26. The quantitative estimate of drug-likeness (QED) is 0.643. The minimum Gasteiger partial charge on any atom is -0.465 e. The first-order chi connectivity index (χ1) is 12.4. The number of hydrogen-bond acceptors (Lipinski definition) is 4. The van der Waals surface area contributed by atoms with Crippen molar-refractivity contribution in [3.8, 4) is 0 Å². The number of esters is 1. The molecule has 138 valence electrons. The van der Waals surface area contributed by atoms with Crippen LogP contribution in [0.5, 0.6) is 0 Å². The van der Waals surface area contributed by atoms with Gasteiger partial charge in [-0.15, -0.1) is 11.3 Å². The molecule has 1 unspecified atom stereocenters. The van der Waals surface area contributed by atoms with Crippen molar-refractivity contribution in [1.29, 1.82) is 0 Å². The van der Waals surface area contributed by atoms with E-state index in [1.54, 1.807) is 18.2 Å². The van der Waals surface area contributed by atoms with Gasteiger partial charge in [0.2, 0.25) is 0 Å². The average molecular weight is 413 g/mol. The Balaban J connectivity index is 1.83. The lowest BCUT2D eigenvalue weighted by Crippen LogP contribution is -2.20. The molecule has 1 aromatic heterocycles. The lowest BCUT2D eigenvalue weighted by Gasteiger charge is -2.18. The summed E-state index contributed by atoms with van der Waals surface area (Å²) in [4.78, 5) is 25.8. The Morgan fingerprint density at radius 1 is 1.23 bits per heavy atom. The van der Waals surface area contributed by atoms with Crippen LogP contribution >= 0.6 is 34.5 Å². The lowest BCUT2D eigenvalue weighted by molar-refractivity contribution is 0.0601. The van der Waals surface area contributed by atoms with Crippen molar-refractivity contribution in [3.05, 3.63) is 44.2 Å². The van der Waals surface area contributed by atoms with Gasteiger partial charge in [-0.05, 0) is 48.9 Å². The number of thiophene rings is 1. The van der Waals surface area contributed by atoms with Crippen LogP contribution in [0.2, 0.25) is 10.0 Å². The molecule has 0 aliphatic heterocycles. The van der Waals surface area contributed by atoms with Gasteiger partial charge in [0.05, 0.1) is 22.7 Å².